The molecule has 136 valence electrons. The van der Waals surface area contributed by atoms with Crippen molar-refractivity contribution in [3.05, 3.63) is 34.5 Å². The smallest absolute Gasteiger partial charge is 0.355 e. The summed E-state index contributed by atoms with van der Waals surface area (Å²) < 4.78 is 38.0. The number of hydrogen-bond donors (Lipinski definition) is 0. The monoisotopic (exact) mass is 389 g/mol. The van der Waals surface area contributed by atoms with Crippen LogP contribution in [-0.4, -0.2) is 54.2 Å². The summed E-state index contributed by atoms with van der Waals surface area (Å²) in [4.78, 5) is 25.5. The average Bonchev–Trinajstić information content (AvgIpc) is 2.58. The van der Waals surface area contributed by atoms with Gasteiger partial charge in [0.2, 0.25) is 0 Å². The van der Waals surface area contributed by atoms with Gasteiger partial charge in [0.05, 0.1) is 42.0 Å². The van der Waals surface area contributed by atoms with Crippen molar-refractivity contribution in [3.8, 4) is 0 Å². The molecule has 1 aliphatic heterocycles. The molecule has 1 aliphatic rings. The number of anilines is 1. The number of benzene rings is 1. The number of rotatable bonds is 4. The van der Waals surface area contributed by atoms with Crippen LogP contribution in [0.15, 0.2) is 34.4 Å². The van der Waals surface area contributed by atoms with Gasteiger partial charge in [0.15, 0.2) is 9.84 Å². The van der Waals surface area contributed by atoms with Crippen molar-refractivity contribution in [2.24, 2.45) is 0 Å². The number of ether oxygens (including phenoxy) is 3. The minimum absolute atomic E-state index is 0.0240. The van der Waals surface area contributed by atoms with Crippen molar-refractivity contribution in [3.63, 3.8) is 0 Å². The third-order valence-corrected chi connectivity index (χ3v) is 4.88. The lowest BCUT2D eigenvalue weighted by Crippen LogP contribution is -2.39. The van der Waals surface area contributed by atoms with Crippen molar-refractivity contribution in [2.45, 2.75) is 4.90 Å². The van der Waals surface area contributed by atoms with Crippen LogP contribution in [0.3, 0.4) is 0 Å². The molecule has 2 rings (SSSR count). The number of esters is 2. The van der Waals surface area contributed by atoms with Gasteiger partial charge in [0, 0.05) is 6.26 Å². The highest BCUT2D eigenvalue weighted by Crippen LogP contribution is 2.33. The van der Waals surface area contributed by atoms with Gasteiger partial charge in [-0.2, -0.15) is 0 Å². The molecule has 1 heterocycles. The third-order valence-electron chi connectivity index (χ3n) is 3.47. The molecule has 25 heavy (non-hydrogen) atoms. The van der Waals surface area contributed by atoms with Gasteiger partial charge in [-0.1, -0.05) is 11.6 Å². The van der Waals surface area contributed by atoms with Crippen LogP contribution in [0.25, 0.3) is 0 Å². The van der Waals surface area contributed by atoms with Crippen LogP contribution < -0.4 is 4.90 Å². The number of halogens is 1. The van der Waals surface area contributed by atoms with Crippen LogP contribution in [0.4, 0.5) is 5.69 Å². The van der Waals surface area contributed by atoms with E-state index >= 15 is 0 Å². The van der Waals surface area contributed by atoms with Gasteiger partial charge in [-0.15, -0.1) is 0 Å². The molecule has 0 radical (unpaired) electrons. The first-order chi connectivity index (χ1) is 11.7. The molecule has 1 aromatic rings. The van der Waals surface area contributed by atoms with Gasteiger partial charge >= 0.3 is 11.9 Å². The van der Waals surface area contributed by atoms with Crippen LogP contribution in [0.2, 0.25) is 5.02 Å². The summed E-state index contributed by atoms with van der Waals surface area (Å²) in [5.74, 6) is -1.51. The number of hydrogen-bond acceptors (Lipinski definition) is 8. The van der Waals surface area contributed by atoms with Gasteiger partial charge in [-0.25, -0.2) is 18.0 Å². The zero-order valence-corrected chi connectivity index (χ0v) is 15.3. The Hall–Kier alpha value is -2.10. The van der Waals surface area contributed by atoms with Gasteiger partial charge < -0.3 is 19.1 Å². The Morgan fingerprint density at radius 1 is 1.20 bits per heavy atom. The highest BCUT2D eigenvalue weighted by Gasteiger charge is 2.33. The number of nitrogens with zero attached hydrogens (tertiary/aromatic N) is 1. The minimum atomic E-state index is -3.45. The minimum Gasteiger partial charge on any atom is -0.466 e. The lowest BCUT2D eigenvalue weighted by atomic mass is 10.1. The summed E-state index contributed by atoms with van der Waals surface area (Å²) in [6.45, 7) is -0.213. The van der Waals surface area contributed by atoms with Crippen LogP contribution in [0, 0.1) is 0 Å². The van der Waals surface area contributed by atoms with E-state index in [-0.39, 0.29) is 40.2 Å². The zero-order chi connectivity index (χ0) is 18.8. The highest BCUT2D eigenvalue weighted by molar-refractivity contribution is 7.90. The highest BCUT2D eigenvalue weighted by atomic mass is 35.5. The fourth-order valence-corrected chi connectivity index (χ4v) is 3.27. The number of carbonyl (C=O) groups is 2. The maximum atomic E-state index is 12.2. The molecule has 0 bridgehead atoms. The van der Waals surface area contributed by atoms with E-state index in [2.05, 4.69) is 4.74 Å². The van der Waals surface area contributed by atoms with Gasteiger partial charge in [-0.05, 0) is 18.2 Å². The molecule has 8 nitrogen and oxygen atoms in total. The van der Waals surface area contributed by atoms with Crippen molar-refractivity contribution >= 4 is 39.1 Å². The molecule has 0 atom stereocenters. The molecule has 0 fully saturated rings. The summed E-state index contributed by atoms with van der Waals surface area (Å²) in [5.41, 5.74) is 0.189. The normalized spacial score (nSPS) is 15.1. The molecular weight excluding hydrogens is 374 g/mol. The molecule has 0 unspecified atom stereocenters. The fraction of sp³-hybridized carbons (Fsp3) is 0.333. The van der Waals surface area contributed by atoms with E-state index in [1.807, 2.05) is 0 Å². The molecule has 0 N–H and O–H groups in total. The number of methoxy groups -OCH3 is 2. The fourth-order valence-electron chi connectivity index (χ4n) is 2.27. The van der Waals surface area contributed by atoms with E-state index in [9.17, 15) is 18.0 Å². The second-order valence-corrected chi connectivity index (χ2v) is 7.52. The quantitative estimate of drug-likeness (QED) is 0.707. The largest absolute Gasteiger partial charge is 0.466 e. The SMILES string of the molecule is COC(=O)C1=C(C(=O)OC)N(c2ccc(S(C)(=O)=O)cc2Cl)COC1. The molecule has 0 spiro atoms. The Labute approximate surface area is 149 Å². The summed E-state index contributed by atoms with van der Waals surface area (Å²) in [6.07, 6.45) is 1.05. The van der Waals surface area contributed by atoms with E-state index in [4.69, 9.17) is 21.1 Å². The lowest BCUT2D eigenvalue weighted by Gasteiger charge is -2.31. The predicted molar refractivity (Wildman–Crippen MR) is 88.9 cm³/mol. The maximum absolute atomic E-state index is 12.2. The summed E-state index contributed by atoms with van der Waals surface area (Å²) in [7, 11) is -1.10. The van der Waals surface area contributed by atoms with Crippen LogP contribution in [0.5, 0.6) is 0 Å². The van der Waals surface area contributed by atoms with Gasteiger partial charge in [0.25, 0.3) is 0 Å². The Balaban J connectivity index is 2.60. The van der Waals surface area contributed by atoms with Crippen LogP contribution in [-0.2, 0) is 33.6 Å². The molecule has 0 amide bonds. The first-order valence-electron chi connectivity index (χ1n) is 6.95. The van der Waals surface area contributed by atoms with E-state index in [0.717, 1.165) is 6.26 Å². The maximum Gasteiger partial charge on any atom is 0.355 e. The van der Waals surface area contributed by atoms with Crippen molar-refractivity contribution < 1.29 is 32.2 Å². The van der Waals surface area contributed by atoms with Crippen LogP contribution in [0.1, 0.15) is 0 Å². The first kappa shape index (κ1) is 19.2. The van der Waals surface area contributed by atoms with E-state index in [1.54, 1.807) is 0 Å². The standard InChI is InChI=1S/C15H16ClNO7S/c1-22-14(18)10-7-24-8-17(13(10)15(19)23-2)12-5-4-9(6-11(12)16)25(3,20)21/h4-6H,7-8H2,1-3H3. The van der Waals surface area contributed by atoms with E-state index in [1.165, 1.54) is 37.3 Å². The molecule has 1 aromatic carbocycles. The topological polar surface area (TPSA) is 99.2 Å². The molecule has 0 aliphatic carbocycles. The third kappa shape index (κ3) is 3.94. The van der Waals surface area contributed by atoms with E-state index in [0.29, 0.717) is 0 Å². The number of sulfone groups is 1. The molecule has 0 aromatic heterocycles. The van der Waals surface area contributed by atoms with Gasteiger partial charge in [-0.3, -0.25) is 0 Å². The summed E-state index contributed by atoms with van der Waals surface area (Å²) in [5, 5.41) is 0.0686. The molecule has 0 saturated heterocycles. The predicted octanol–water partition coefficient (Wildman–Crippen LogP) is 1.14. The molecular formula is C15H16ClNO7S. The van der Waals surface area contributed by atoms with Crippen molar-refractivity contribution in [1.82, 2.24) is 0 Å². The average molecular weight is 390 g/mol. The summed E-state index contributed by atoms with van der Waals surface area (Å²) in [6, 6.07) is 4.02. The van der Waals surface area contributed by atoms with Crippen molar-refractivity contribution in [2.75, 3.05) is 38.7 Å². The Bertz CT molecular complexity index is 847. The van der Waals surface area contributed by atoms with Crippen molar-refractivity contribution in [1.29, 1.82) is 0 Å². The Morgan fingerprint density at radius 2 is 1.84 bits per heavy atom. The summed E-state index contributed by atoms with van der Waals surface area (Å²) >= 11 is 6.19. The second kappa shape index (κ2) is 7.42. The lowest BCUT2D eigenvalue weighted by molar-refractivity contribution is -0.140. The van der Waals surface area contributed by atoms with Gasteiger partial charge in [0.1, 0.15) is 12.4 Å². The number of carbonyl (C=O) groups excluding carboxylic acids is 2. The first-order valence-corrected chi connectivity index (χ1v) is 9.22. The molecule has 10 heteroatoms. The van der Waals surface area contributed by atoms with E-state index < -0.39 is 21.8 Å². The van der Waals surface area contributed by atoms with Crippen LogP contribution >= 0.6 is 11.6 Å². The second-order valence-electron chi connectivity index (χ2n) is 5.10. The Kier molecular flexibility index (Phi) is 5.71. The molecule has 0 saturated carbocycles. The zero-order valence-electron chi connectivity index (χ0n) is 13.7. The Morgan fingerprint density at radius 3 is 2.36 bits per heavy atom.